The lowest BCUT2D eigenvalue weighted by atomic mass is 10.2. The zero-order valence-electron chi connectivity index (χ0n) is 7.62. The molecule has 2 N–H and O–H groups in total. The fourth-order valence-electron chi connectivity index (χ4n) is 2.00. The van der Waals surface area contributed by atoms with Crippen LogP contribution in [-0.2, 0) is 0 Å². The lowest BCUT2D eigenvalue weighted by molar-refractivity contribution is 0.359. The number of hydrogen-bond donors (Lipinski definition) is 2. The molecule has 1 aromatic carbocycles. The van der Waals surface area contributed by atoms with Gasteiger partial charge in [-0.3, -0.25) is 5.32 Å². The topological polar surface area (TPSA) is 37.0 Å². The highest BCUT2D eigenvalue weighted by atomic mass is 15.8. The Morgan fingerprint density at radius 2 is 2.15 bits per heavy atom. The molecule has 13 heavy (non-hydrogen) atoms. The van der Waals surface area contributed by atoms with Gasteiger partial charge in [-0.05, 0) is 12.5 Å². The molecule has 3 atom stereocenters. The van der Waals surface area contributed by atoms with Gasteiger partial charge in [0.2, 0.25) is 0 Å². The van der Waals surface area contributed by atoms with Crippen molar-refractivity contribution in [3.8, 4) is 0 Å². The second kappa shape index (κ2) is 2.32. The van der Waals surface area contributed by atoms with Crippen LogP contribution >= 0.6 is 0 Å². The van der Waals surface area contributed by atoms with Gasteiger partial charge in [-0.2, -0.15) is 5.01 Å². The maximum Gasteiger partial charge on any atom is 0.109 e. The van der Waals surface area contributed by atoms with Gasteiger partial charge in [0.05, 0.1) is 0 Å². The Bertz CT molecular complexity index is 324. The van der Waals surface area contributed by atoms with Crippen LogP contribution in [-0.4, -0.2) is 17.2 Å². The summed E-state index contributed by atoms with van der Waals surface area (Å²) >= 11 is 0. The summed E-state index contributed by atoms with van der Waals surface area (Å²) < 4.78 is 0. The number of rotatable bonds is 1. The van der Waals surface area contributed by atoms with Crippen molar-refractivity contribution in [3.63, 3.8) is 0 Å². The first-order chi connectivity index (χ1) is 6.30. The molecule has 0 spiro atoms. The molecule has 2 heterocycles. The van der Waals surface area contributed by atoms with Gasteiger partial charge in [0, 0.05) is 6.54 Å². The molecule has 3 nitrogen and oxygen atoms in total. The SMILES string of the molecule is CC12CNC(c3ccccc3)N1N2. The number of nitrogens with zero attached hydrogens (tertiary/aromatic N) is 1. The lowest BCUT2D eigenvalue weighted by Gasteiger charge is -2.12. The first-order valence-electron chi connectivity index (χ1n) is 4.65. The van der Waals surface area contributed by atoms with E-state index < -0.39 is 0 Å². The summed E-state index contributed by atoms with van der Waals surface area (Å²) in [5.74, 6) is 0. The van der Waals surface area contributed by atoms with E-state index in [2.05, 4.69) is 46.9 Å². The van der Waals surface area contributed by atoms with Crippen molar-refractivity contribution in [3.05, 3.63) is 35.9 Å². The zero-order chi connectivity index (χ0) is 8.89. The molecular formula is C10H13N3. The van der Waals surface area contributed by atoms with E-state index in [1.807, 2.05) is 6.07 Å². The second-order valence-corrected chi connectivity index (χ2v) is 3.95. The average molecular weight is 175 g/mol. The molecule has 2 aliphatic rings. The minimum Gasteiger partial charge on any atom is -0.294 e. The Kier molecular flexibility index (Phi) is 1.34. The highest BCUT2D eigenvalue weighted by molar-refractivity contribution is 5.23. The van der Waals surface area contributed by atoms with Crippen LogP contribution < -0.4 is 10.7 Å². The first-order valence-corrected chi connectivity index (χ1v) is 4.65. The Hall–Kier alpha value is -0.900. The third kappa shape index (κ3) is 1.01. The number of nitrogens with one attached hydrogen (secondary N) is 2. The summed E-state index contributed by atoms with van der Waals surface area (Å²) in [5, 5.41) is 5.74. The molecule has 68 valence electrons. The summed E-state index contributed by atoms with van der Waals surface area (Å²) in [7, 11) is 0. The highest BCUT2D eigenvalue weighted by Crippen LogP contribution is 2.38. The minimum atomic E-state index is 0.209. The van der Waals surface area contributed by atoms with Gasteiger partial charge >= 0.3 is 0 Å². The molecule has 0 radical (unpaired) electrons. The van der Waals surface area contributed by atoms with E-state index in [0.717, 1.165) is 6.54 Å². The summed E-state index contributed by atoms with van der Waals surface area (Å²) in [6, 6.07) is 10.5. The van der Waals surface area contributed by atoms with Crippen LogP contribution in [0.5, 0.6) is 0 Å². The third-order valence-electron chi connectivity index (χ3n) is 2.86. The Labute approximate surface area is 77.7 Å². The van der Waals surface area contributed by atoms with E-state index in [-0.39, 0.29) is 5.66 Å². The van der Waals surface area contributed by atoms with Crippen LogP contribution in [0.4, 0.5) is 0 Å². The summed E-state index contributed by atoms with van der Waals surface area (Å²) in [6.07, 6.45) is 0.353. The van der Waals surface area contributed by atoms with Gasteiger partial charge in [-0.25, -0.2) is 5.43 Å². The molecule has 1 aromatic rings. The molecule has 0 aromatic heterocycles. The maximum atomic E-state index is 3.48. The van der Waals surface area contributed by atoms with Crippen molar-refractivity contribution in [2.24, 2.45) is 0 Å². The van der Waals surface area contributed by atoms with Crippen LogP contribution in [0, 0.1) is 0 Å². The Morgan fingerprint density at radius 1 is 1.38 bits per heavy atom. The van der Waals surface area contributed by atoms with Gasteiger partial charge in [0.1, 0.15) is 11.8 Å². The van der Waals surface area contributed by atoms with Gasteiger partial charge in [0.15, 0.2) is 0 Å². The zero-order valence-corrected chi connectivity index (χ0v) is 7.62. The van der Waals surface area contributed by atoms with Crippen LogP contribution in [0.2, 0.25) is 0 Å². The van der Waals surface area contributed by atoms with Gasteiger partial charge in [0.25, 0.3) is 0 Å². The average Bonchev–Trinajstić information content (AvgIpc) is 2.71. The third-order valence-corrected chi connectivity index (χ3v) is 2.86. The first kappa shape index (κ1) is 7.50. The second-order valence-electron chi connectivity index (χ2n) is 3.95. The van der Waals surface area contributed by atoms with Gasteiger partial charge < -0.3 is 0 Å². The number of hydrogen-bond acceptors (Lipinski definition) is 3. The number of benzene rings is 1. The fraction of sp³-hybridized carbons (Fsp3) is 0.400. The molecule has 0 aliphatic carbocycles. The van der Waals surface area contributed by atoms with E-state index >= 15 is 0 Å². The normalized spacial score (nSPS) is 41.6. The molecule has 3 heteroatoms. The van der Waals surface area contributed by atoms with Crippen molar-refractivity contribution < 1.29 is 0 Å². The standard InChI is InChI=1S/C10H13N3/c1-10-7-11-9(13(10)12-10)8-5-3-2-4-6-8/h2-6,9,11-12H,7H2,1H3. The monoisotopic (exact) mass is 175 g/mol. The molecule has 2 aliphatic heterocycles. The van der Waals surface area contributed by atoms with Crippen molar-refractivity contribution in [1.82, 2.24) is 15.8 Å². The summed E-state index contributed by atoms with van der Waals surface area (Å²) in [4.78, 5) is 0. The largest absolute Gasteiger partial charge is 0.294 e. The van der Waals surface area contributed by atoms with E-state index in [4.69, 9.17) is 0 Å². The number of fused-ring (bicyclic) bond motifs is 1. The molecule has 0 amide bonds. The Balaban J connectivity index is 1.89. The molecular weight excluding hydrogens is 162 g/mol. The molecule has 2 fully saturated rings. The highest BCUT2D eigenvalue weighted by Gasteiger charge is 2.56. The van der Waals surface area contributed by atoms with Crippen molar-refractivity contribution >= 4 is 0 Å². The van der Waals surface area contributed by atoms with Crippen molar-refractivity contribution in [2.75, 3.05) is 6.54 Å². The van der Waals surface area contributed by atoms with E-state index in [9.17, 15) is 0 Å². The van der Waals surface area contributed by atoms with Crippen molar-refractivity contribution in [2.45, 2.75) is 18.8 Å². The molecule has 3 unspecified atom stereocenters. The van der Waals surface area contributed by atoms with Crippen LogP contribution in [0.1, 0.15) is 18.7 Å². The fourth-order valence-corrected chi connectivity index (χ4v) is 2.00. The summed E-state index contributed by atoms with van der Waals surface area (Å²) in [5.41, 5.74) is 4.90. The van der Waals surface area contributed by atoms with Crippen LogP contribution in [0.25, 0.3) is 0 Å². The smallest absolute Gasteiger partial charge is 0.109 e. The minimum absolute atomic E-state index is 0.209. The lowest BCUT2D eigenvalue weighted by Crippen LogP contribution is -2.27. The molecule has 2 saturated heterocycles. The van der Waals surface area contributed by atoms with Gasteiger partial charge in [-0.15, -0.1) is 0 Å². The van der Waals surface area contributed by atoms with Crippen molar-refractivity contribution in [1.29, 1.82) is 0 Å². The quantitative estimate of drug-likeness (QED) is 0.621. The maximum absolute atomic E-state index is 3.48. The molecule has 0 saturated carbocycles. The van der Waals surface area contributed by atoms with E-state index in [1.165, 1.54) is 5.56 Å². The molecule has 0 bridgehead atoms. The van der Waals surface area contributed by atoms with Crippen LogP contribution in [0.15, 0.2) is 30.3 Å². The predicted octanol–water partition coefficient (Wildman–Crippen LogP) is 0.825. The predicted molar refractivity (Wildman–Crippen MR) is 50.6 cm³/mol. The molecule has 3 rings (SSSR count). The Morgan fingerprint density at radius 3 is 2.69 bits per heavy atom. The summed E-state index contributed by atoms with van der Waals surface area (Å²) in [6.45, 7) is 3.23. The van der Waals surface area contributed by atoms with Crippen LogP contribution in [0.3, 0.4) is 0 Å². The van der Waals surface area contributed by atoms with Gasteiger partial charge in [-0.1, -0.05) is 30.3 Å². The van der Waals surface area contributed by atoms with E-state index in [1.54, 1.807) is 0 Å². The number of hydrazine groups is 1. The van der Waals surface area contributed by atoms with E-state index in [0.29, 0.717) is 6.17 Å².